The number of nitrogens with zero attached hydrogens (tertiary/aromatic N) is 2. The van der Waals surface area contributed by atoms with E-state index in [4.69, 9.17) is 11.6 Å². The van der Waals surface area contributed by atoms with E-state index in [0.29, 0.717) is 6.04 Å². The van der Waals surface area contributed by atoms with E-state index in [-0.39, 0.29) is 0 Å². The number of hydrogen-bond acceptors (Lipinski definition) is 4. The zero-order chi connectivity index (χ0) is 14.7. The van der Waals surface area contributed by atoms with Gasteiger partial charge in [0.15, 0.2) is 0 Å². The third kappa shape index (κ3) is 3.84. The summed E-state index contributed by atoms with van der Waals surface area (Å²) < 4.78 is 0. The van der Waals surface area contributed by atoms with Crippen LogP contribution in [0.15, 0.2) is 24.3 Å². The molecule has 0 aliphatic rings. The van der Waals surface area contributed by atoms with Crippen molar-refractivity contribution in [1.29, 1.82) is 0 Å². The van der Waals surface area contributed by atoms with Gasteiger partial charge in [0.25, 0.3) is 0 Å². The van der Waals surface area contributed by atoms with E-state index in [2.05, 4.69) is 34.4 Å². The Morgan fingerprint density at radius 1 is 1.05 bits per heavy atom. The molecular weight excluding hydrogens is 272 g/mol. The van der Waals surface area contributed by atoms with E-state index >= 15 is 0 Å². The smallest absolute Gasteiger partial charge is 0.136 e. The van der Waals surface area contributed by atoms with E-state index in [9.17, 15) is 0 Å². The molecule has 0 bridgehead atoms. The summed E-state index contributed by atoms with van der Waals surface area (Å²) in [7, 11) is 0. The second kappa shape index (κ2) is 6.09. The fourth-order valence-corrected chi connectivity index (χ4v) is 2.13. The molecule has 20 heavy (non-hydrogen) atoms. The predicted octanol–water partition coefficient (Wildman–Crippen LogP) is 4.31. The van der Waals surface area contributed by atoms with Gasteiger partial charge in [0.1, 0.15) is 17.5 Å². The molecule has 1 aromatic carbocycles. The van der Waals surface area contributed by atoms with Crippen molar-refractivity contribution < 1.29 is 0 Å². The molecule has 0 fully saturated rings. The normalized spacial score (nSPS) is 10.7. The van der Waals surface area contributed by atoms with Crippen LogP contribution in [0.2, 0.25) is 5.02 Å². The summed E-state index contributed by atoms with van der Waals surface area (Å²) in [5.74, 6) is 2.32. The number of rotatable bonds is 4. The van der Waals surface area contributed by atoms with Crippen molar-refractivity contribution in [3.63, 3.8) is 0 Å². The van der Waals surface area contributed by atoms with Crippen LogP contribution in [-0.4, -0.2) is 16.0 Å². The largest absolute Gasteiger partial charge is 0.368 e. The lowest BCUT2D eigenvalue weighted by atomic mass is 10.2. The molecule has 5 heteroatoms. The Labute approximate surface area is 124 Å². The highest BCUT2D eigenvalue weighted by molar-refractivity contribution is 6.30. The Balaban J connectivity index is 2.26. The summed E-state index contributed by atoms with van der Waals surface area (Å²) in [5, 5.41) is 7.32. The maximum Gasteiger partial charge on any atom is 0.136 e. The summed E-state index contributed by atoms with van der Waals surface area (Å²) >= 11 is 5.96. The van der Waals surface area contributed by atoms with Crippen molar-refractivity contribution in [3.8, 4) is 0 Å². The van der Waals surface area contributed by atoms with Gasteiger partial charge in [-0.1, -0.05) is 11.6 Å². The summed E-state index contributed by atoms with van der Waals surface area (Å²) in [4.78, 5) is 8.77. The van der Waals surface area contributed by atoms with E-state index in [0.717, 1.165) is 33.7 Å². The first kappa shape index (κ1) is 14.6. The Kier molecular flexibility index (Phi) is 4.45. The Hall–Kier alpha value is -1.81. The van der Waals surface area contributed by atoms with Gasteiger partial charge in [0, 0.05) is 22.8 Å². The van der Waals surface area contributed by atoms with Gasteiger partial charge in [0.05, 0.1) is 0 Å². The average Bonchev–Trinajstić information content (AvgIpc) is 2.31. The number of aromatic nitrogens is 2. The van der Waals surface area contributed by atoms with Gasteiger partial charge >= 0.3 is 0 Å². The minimum absolute atomic E-state index is 0.328. The van der Waals surface area contributed by atoms with Gasteiger partial charge in [-0.3, -0.25) is 0 Å². The highest BCUT2D eigenvalue weighted by Gasteiger charge is 2.05. The standard InChI is InChI=1S/C15H19ClN4/c1-9(2)17-14-8-15(19-11(4)18-14)20-13-6-5-12(16)7-10(13)3/h5-9H,1-4H3,(H2,17,18,19,20). The van der Waals surface area contributed by atoms with Crippen molar-refractivity contribution in [1.82, 2.24) is 9.97 Å². The van der Waals surface area contributed by atoms with E-state index in [1.165, 1.54) is 0 Å². The minimum atomic E-state index is 0.328. The first-order valence-corrected chi connectivity index (χ1v) is 6.97. The maximum absolute atomic E-state index is 5.96. The van der Waals surface area contributed by atoms with Crippen LogP contribution in [0.3, 0.4) is 0 Å². The van der Waals surface area contributed by atoms with Crippen molar-refractivity contribution in [2.45, 2.75) is 33.7 Å². The predicted molar refractivity (Wildman–Crippen MR) is 85.0 cm³/mol. The second-order valence-electron chi connectivity index (χ2n) is 5.07. The molecule has 0 unspecified atom stereocenters. The lowest BCUT2D eigenvalue weighted by Crippen LogP contribution is -2.12. The van der Waals surface area contributed by atoms with Crippen molar-refractivity contribution in [3.05, 3.63) is 40.7 Å². The number of hydrogen-bond donors (Lipinski definition) is 2. The quantitative estimate of drug-likeness (QED) is 0.881. The molecule has 0 saturated heterocycles. The van der Waals surface area contributed by atoms with Crippen LogP contribution in [-0.2, 0) is 0 Å². The lowest BCUT2D eigenvalue weighted by molar-refractivity contribution is 0.881. The maximum atomic E-state index is 5.96. The number of halogens is 1. The van der Waals surface area contributed by atoms with Crippen LogP contribution >= 0.6 is 11.6 Å². The summed E-state index contributed by atoms with van der Waals surface area (Å²) in [6, 6.07) is 7.96. The minimum Gasteiger partial charge on any atom is -0.368 e. The Morgan fingerprint density at radius 2 is 1.75 bits per heavy atom. The lowest BCUT2D eigenvalue weighted by Gasteiger charge is -2.13. The summed E-state index contributed by atoms with van der Waals surface area (Å²) in [5.41, 5.74) is 2.06. The number of benzene rings is 1. The molecule has 106 valence electrons. The second-order valence-corrected chi connectivity index (χ2v) is 5.51. The molecule has 4 nitrogen and oxygen atoms in total. The summed E-state index contributed by atoms with van der Waals surface area (Å²) in [6.07, 6.45) is 0. The Bertz CT molecular complexity index is 611. The molecule has 0 spiro atoms. The van der Waals surface area contributed by atoms with Gasteiger partial charge in [-0.05, 0) is 51.5 Å². The number of nitrogens with one attached hydrogen (secondary N) is 2. The molecule has 1 aromatic heterocycles. The molecular formula is C15H19ClN4. The molecule has 0 aliphatic heterocycles. The van der Waals surface area contributed by atoms with Gasteiger partial charge in [-0.15, -0.1) is 0 Å². The van der Waals surface area contributed by atoms with Crippen LogP contribution < -0.4 is 10.6 Å². The highest BCUT2D eigenvalue weighted by Crippen LogP contribution is 2.23. The third-order valence-corrected chi connectivity index (χ3v) is 2.96. The van der Waals surface area contributed by atoms with Crippen molar-refractivity contribution >= 4 is 28.9 Å². The molecule has 0 radical (unpaired) electrons. The van der Waals surface area contributed by atoms with E-state index in [1.54, 1.807) is 0 Å². The Morgan fingerprint density at radius 3 is 2.40 bits per heavy atom. The fraction of sp³-hybridized carbons (Fsp3) is 0.333. The topological polar surface area (TPSA) is 49.8 Å². The molecule has 2 aromatic rings. The van der Waals surface area contributed by atoms with Gasteiger partial charge in [-0.2, -0.15) is 0 Å². The first-order chi connectivity index (χ1) is 9.44. The van der Waals surface area contributed by atoms with E-state index < -0.39 is 0 Å². The zero-order valence-corrected chi connectivity index (χ0v) is 12.9. The number of anilines is 3. The third-order valence-electron chi connectivity index (χ3n) is 2.73. The molecule has 0 saturated carbocycles. The van der Waals surface area contributed by atoms with Crippen LogP contribution in [0.1, 0.15) is 25.2 Å². The highest BCUT2D eigenvalue weighted by atomic mass is 35.5. The fourth-order valence-electron chi connectivity index (χ4n) is 1.91. The van der Waals surface area contributed by atoms with E-state index in [1.807, 2.05) is 38.1 Å². The SMILES string of the molecule is Cc1nc(Nc2ccc(Cl)cc2C)cc(NC(C)C)n1. The average molecular weight is 291 g/mol. The molecule has 2 N–H and O–H groups in total. The van der Waals surface area contributed by atoms with Crippen LogP contribution in [0.5, 0.6) is 0 Å². The molecule has 0 atom stereocenters. The molecule has 0 amide bonds. The number of aryl methyl sites for hydroxylation is 2. The van der Waals surface area contributed by atoms with Gasteiger partial charge < -0.3 is 10.6 Å². The van der Waals surface area contributed by atoms with Crippen LogP contribution in [0, 0.1) is 13.8 Å². The van der Waals surface area contributed by atoms with Crippen LogP contribution in [0.4, 0.5) is 17.3 Å². The molecule has 1 heterocycles. The van der Waals surface area contributed by atoms with Crippen molar-refractivity contribution in [2.24, 2.45) is 0 Å². The van der Waals surface area contributed by atoms with Crippen molar-refractivity contribution in [2.75, 3.05) is 10.6 Å². The van der Waals surface area contributed by atoms with Gasteiger partial charge in [-0.25, -0.2) is 9.97 Å². The summed E-state index contributed by atoms with van der Waals surface area (Å²) in [6.45, 7) is 8.04. The monoisotopic (exact) mass is 290 g/mol. The molecule has 0 aliphatic carbocycles. The zero-order valence-electron chi connectivity index (χ0n) is 12.2. The molecule has 2 rings (SSSR count). The first-order valence-electron chi connectivity index (χ1n) is 6.59. The van der Waals surface area contributed by atoms with Gasteiger partial charge in [0.2, 0.25) is 0 Å². The van der Waals surface area contributed by atoms with Crippen LogP contribution in [0.25, 0.3) is 0 Å².